The average molecular weight is 487 g/mol. The smallest absolute Gasteiger partial charge is 0.408 e. The zero-order chi connectivity index (χ0) is 25.8. The van der Waals surface area contributed by atoms with Crippen molar-refractivity contribution in [3.8, 4) is 5.75 Å². The molecule has 0 aliphatic rings. The molecule has 0 aliphatic carbocycles. The zero-order valence-corrected chi connectivity index (χ0v) is 20.1. The highest BCUT2D eigenvalue weighted by atomic mass is 16.7. The fraction of sp³-hybridized carbons (Fsp3) is 0.320. The molecule has 0 saturated carbocycles. The lowest BCUT2D eigenvalue weighted by molar-refractivity contribution is -0.142. The van der Waals surface area contributed by atoms with Crippen molar-refractivity contribution in [2.45, 2.75) is 25.7 Å². The minimum atomic E-state index is -1.37. The lowest BCUT2D eigenvalue weighted by atomic mass is 10.1. The Labute approximate surface area is 204 Å². The van der Waals surface area contributed by atoms with E-state index in [1.54, 1.807) is 48.5 Å². The van der Waals surface area contributed by atoms with Gasteiger partial charge in [0.15, 0.2) is 6.79 Å². The summed E-state index contributed by atoms with van der Waals surface area (Å²) < 4.78 is 20.2. The largest absolute Gasteiger partial charge is 0.468 e. The van der Waals surface area contributed by atoms with E-state index in [4.69, 9.17) is 18.9 Å². The molecule has 0 radical (unpaired) electrons. The van der Waals surface area contributed by atoms with Crippen molar-refractivity contribution < 1.29 is 38.4 Å². The summed E-state index contributed by atoms with van der Waals surface area (Å²) >= 11 is 0. The second-order valence-corrected chi connectivity index (χ2v) is 7.46. The van der Waals surface area contributed by atoms with Crippen LogP contribution in [0, 0.1) is 0 Å². The van der Waals surface area contributed by atoms with Gasteiger partial charge in [-0.1, -0.05) is 42.5 Å². The van der Waals surface area contributed by atoms with Crippen molar-refractivity contribution in [2.75, 3.05) is 28.1 Å². The molecule has 2 aromatic rings. The number of amides is 2. The highest BCUT2D eigenvalue weighted by Crippen LogP contribution is 2.17. The van der Waals surface area contributed by atoms with Gasteiger partial charge in [-0.3, -0.25) is 4.79 Å². The molecular weight excluding hydrogens is 456 g/mol. The van der Waals surface area contributed by atoms with Crippen molar-refractivity contribution in [3.63, 3.8) is 0 Å². The number of aliphatic hydroxyl groups excluding tert-OH is 1. The number of aliphatic hydroxyl groups is 1. The molecule has 0 spiro atoms. The van der Waals surface area contributed by atoms with Crippen LogP contribution >= 0.6 is 0 Å². The van der Waals surface area contributed by atoms with E-state index in [0.29, 0.717) is 11.3 Å². The molecule has 2 rings (SSSR count). The van der Waals surface area contributed by atoms with Gasteiger partial charge in [-0.25, -0.2) is 9.59 Å². The van der Waals surface area contributed by atoms with Crippen molar-refractivity contribution >= 4 is 24.0 Å². The van der Waals surface area contributed by atoms with E-state index in [1.807, 2.05) is 6.07 Å². The number of alkyl carbamates (subject to hydrolysis) is 1. The SMILES string of the molecule is COCOc1ccc(/C=C(/C(=O)OC)N(C)C(=O)[C@@H](NC(=O)OCc2ccccc2)[C@@H](C)O)cc1. The number of esters is 1. The fourth-order valence-electron chi connectivity index (χ4n) is 2.95. The molecule has 0 saturated heterocycles. The maximum Gasteiger partial charge on any atom is 0.408 e. The summed E-state index contributed by atoms with van der Waals surface area (Å²) in [4.78, 5) is 38.9. The lowest BCUT2D eigenvalue weighted by Gasteiger charge is -2.27. The summed E-state index contributed by atoms with van der Waals surface area (Å²) in [6.45, 7) is 1.41. The summed E-state index contributed by atoms with van der Waals surface area (Å²) in [7, 11) is 4.03. The number of methoxy groups -OCH3 is 2. The van der Waals surface area contributed by atoms with Crippen LogP contribution in [-0.2, 0) is 30.4 Å². The Morgan fingerprint density at radius 3 is 2.29 bits per heavy atom. The molecule has 10 heteroatoms. The number of likely N-dealkylation sites (N-methyl/N-ethyl adjacent to an activating group) is 1. The zero-order valence-electron chi connectivity index (χ0n) is 20.1. The Bertz CT molecular complexity index is 1010. The van der Waals surface area contributed by atoms with Gasteiger partial charge in [0.05, 0.1) is 13.2 Å². The predicted octanol–water partition coefficient (Wildman–Crippen LogP) is 2.32. The third kappa shape index (κ3) is 8.43. The number of hydrogen-bond donors (Lipinski definition) is 2. The molecule has 0 fully saturated rings. The van der Waals surface area contributed by atoms with E-state index in [1.165, 1.54) is 34.3 Å². The molecule has 2 amide bonds. The van der Waals surface area contributed by atoms with Crippen LogP contribution < -0.4 is 10.1 Å². The topological polar surface area (TPSA) is 124 Å². The number of ether oxygens (including phenoxy) is 4. The van der Waals surface area contributed by atoms with Crippen molar-refractivity contribution in [1.82, 2.24) is 10.2 Å². The van der Waals surface area contributed by atoms with Crippen LogP contribution in [-0.4, -0.2) is 68.2 Å². The van der Waals surface area contributed by atoms with Gasteiger partial charge in [0.2, 0.25) is 0 Å². The van der Waals surface area contributed by atoms with E-state index in [-0.39, 0.29) is 19.1 Å². The van der Waals surface area contributed by atoms with Crippen LogP contribution in [0.5, 0.6) is 5.75 Å². The molecule has 188 valence electrons. The number of hydrogen-bond acceptors (Lipinski definition) is 8. The van der Waals surface area contributed by atoms with Crippen LogP contribution in [0.15, 0.2) is 60.3 Å². The third-order valence-corrected chi connectivity index (χ3v) is 4.85. The van der Waals surface area contributed by atoms with Gasteiger partial charge in [0.25, 0.3) is 5.91 Å². The van der Waals surface area contributed by atoms with Gasteiger partial charge in [-0.2, -0.15) is 0 Å². The molecule has 0 bridgehead atoms. The number of carbonyl (C=O) groups is 3. The van der Waals surface area contributed by atoms with Gasteiger partial charge < -0.3 is 34.3 Å². The Kier molecular flexibility index (Phi) is 10.7. The van der Waals surface area contributed by atoms with Crippen molar-refractivity contribution in [2.24, 2.45) is 0 Å². The van der Waals surface area contributed by atoms with Gasteiger partial charge in [-0.05, 0) is 36.3 Å². The minimum Gasteiger partial charge on any atom is -0.468 e. The predicted molar refractivity (Wildman–Crippen MR) is 127 cm³/mol. The van der Waals surface area contributed by atoms with Gasteiger partial charge in [0, 0.05) is 14.2 Å². The van der Waals surface area contributed by atoms with Crippen LogP contribution in [0.1, 0.15) is 18.1 Å². The Morgan fingerprint density at radius 2 is 1.71 bits per heavy atom. The molecule has 35 heavy (non-hydrogen) atoms. The average Bonchev–Trinajstić information content (AvgIpc) is 2.87. The molecular formula is C25H30N2O8. The van der Waals surface area contributed by atoms with E-state index in [9.17, 15) is 19.5 Å². The normalized spacial score (nSPS) is 12.8. The molecule has 10 nitrogen and oxygen atoms in total. The van der Waals surface area contributed by atoms with Gasteiger partial charge >= 0.3 is 12.1 Å². The van der Waals surface area contributed by atoms with Crippen LogP contribution in [0.3, 0.4) is 0 Å². The number of nitrogens with one attached hydrogen (secondary N) is 1. The quantitative estimate of drug-likeness (QED) is 0.282. The highest BCUT2D eigenvalue weighted by molar-refractivity contribution is 5.99. The van der Waals surface area contributed by atoms with Crippen LogP contribution in [0.25, 0.3) is 6.08 Å². The number of nitrogens with zero attached hydrogens (tertiary/aromatic N) is 1. The standard InChI is InChI=1S/C25H30N2O8/c1-17(28)22(26-25(31)34-15-19-8-6-5-7-9-19)23(29)27(2)21(24(30)33-4)14-18-10-12-20(13-11-18)35-16-32-3/h5-14,17,22,28H,15-16H2,1-4H3,(H,26,31)/b21-14-/t17-,22+/m1/s1. The van der Waals surface area contributed by atoms with Crippen molar-refractivity contribution in [1.29, 1.82) is 0 Å². The Morgan fingerprint density at radius 1 is 1.06 bits per heavy atom. The number of carbonyl (C=O) groups excluding carboxylic acids is 3. The van der Waals surface area contributed by atoms with E-state index >= 15 is 0 Å². The third-order valence-electron chi connectivity index (χ3n) is 4.85. The monoisotopic (exact) mass is 486 g/mol. The maximum absolute atomic E-state index is 13.1. The number of benzene rings is 2. The molecule has 2 atom stereocenters. The molecule has 0 aromatic heterocycles. The first kappa shape index (κ1) is 27.4. The van der Waals surface area contributed by atoms with E-state index < -0.39 is 30.1 Å². The summed E-state index contributed by atoms with van der Waals surface area (Å²) in [6, 6.07) is 14.3. The van der Waals surface area contributed by atoms with Crippen molar-refractivity contribution in [3.05, 3.63) is 71.4 Å². The molecule has 0 aliphatic heterocycles. The minimum absolute atomic E-state index is 0.0133. The summed E-state index contributed by atoms with van der Waals surface area (Å²) in [5.41, 5.74) is 1.24. The Balaban J connectivity index is 2.16. The second kappa shape index (κ2) is 13.7. The first-order chi connectivity index (χ1) is 16.8. The van der Waals surface area contributed by atoms with Gasteiger partial charge in [0.1, 0.15) is 24.1 Å². The van der Waals surface area contributed by atoms with Crippen LogP contribution in [0.2, 0.25) is 0 Å². The Hall–Kier alpha value is -3.89. The molecule has 0 unspecified atom stereocenters. The number of rotatable bonds is 11. The fourth-order valence-corrected chi connectivity index (χ4v) is 2.95. The highest BCUT2D eigenvalue weighted by Gasteiger charge is 2.32. The van der Waals surface area contributed by atoms with E-state index in [2.05, 4.69) is 5.32 Å². The summed E-state index contributed by atoms with van der Waals surface area (Å²) in [5.74, 6) is -0.967. The first-order valence-electron chi connectivity index (χ1n) is 10.7. The molecule has 2 aromatic carbocycles. The lowest BCUT2D eigenvalue weighted by Crippen LogP contribution is -2.53. The van der Waals surface area contributed by atoms with Crippen LogP contribution in [0.4, 0.5) is 4.79 Å². The summed E-state index contributed by atoms with van der Waals surface area (Å²) in [6.07, 6.45) is -0.724. The first-order valence-corrected chi connectivity index (χ1v) is 10.7. The molecule has 0 heterocycles. The second-order valence-electron chi connectivity index (χ2n) is 7.46. The van der Waals surface area contributed by atoms with Gasteiger partial charge in [-0.15, -0.1) is 0 Å². The van der Waals surface area contributed by atoms with E-state index in [0.717, 1.165) is 10.5 Å². The maximum atomic E-state index is 13.1. The summed E-state index contributed by atoms with van der Waals surface area (Å²) in [5, 5.41) is 12.5. The molecule has 2 N–H and O–H groups in total.